The highest BCUT2D eigenvalue weighted by molar-refractivity contribution is 5.33. The topological polar surface area (TPSA) is 21.7 Å². The maximum atomic E-state index is 6.12. The van der Waals surface area contributed by atoms with Gasteiger partial charge in [-0.25, -0.2) is 0 Å². The number of piperidine rings is 1. The molecule has 0 bridgehead atoms. The lowest BCUT2D eigenvalue weighted by molar-refractivity contribution is 0.149. The minimum absolute atomic E-state index is 0.398. The summed E-state index contributed by atoms with van der Waals surface area (Å²) in [4.78, 5) is 2.48. The van der Waals surface area contributed by atoms with Gasteiger partial charge in [0.25, 0.3) is 0 Å². The summed E-state index contributed by atoms with van der Waals surface area (Å²) in [6.07, 6.45) is 11.9. The van der Waals surface area contributed by atoms with Crippen LogP contribution in [0.3, 0.4) is 0 Å². The highest BCUT2D eigenvalue weighted by Gasteiger charge is 2.18. The molecule has 2 aliphatic rings. The van der Waals surface area contributed by atoms with Crippen LogP contribution in [0.15, 0.2) is 24.3 Å². The number of ether oxygens (including phenoxy) is 2. The number of nitrogens with zero attached hydrogens (tertiary/aromatic N) is 1. The van der Waals surface area contributed by atoms with Crippen molar-refractivity contribution < 1.29 is 9.47 Å². The van der Waals surface area contributed by atoms with Crippen LogP contribution in [0.1, 0.15) is 57.8 Å². The number of benzene rings is 1. The van der Waals surface area contributed by atoms with Crippen molar-refractivity contribution in [2.45, 2.75) is 69.9 Å². The van der Waals surface area contributed by atoms with Crippen LogP contribution in [-0.4, -0.2) is 37.2 Å². The van der Waals surface area contributed by atoms with Crippen molar-refractivity contribution in [2.24, 2.45) is 0 Å². The fraction of sp³-hybridized carbons (Fsp3) is 0.700. The van der Waals surface area contributed by atoms with E-state index in [0.717, 1.165) is 24.5 Å². The van der Waals surface area contributed by atoms with E-state index < -0.39 is 0 Å². The Kier molecular flexibility index (Phi) is 6.21. The Labute approximate surface area is 141 Å². The van der Waals surface area contributed by atoms with Gasteiger partial charge in [-0.05, 0) is 70.7 Å². The third-order valence-electron chi connectivity index (χ3n) is 5.30. The maximum Gasteiger partial charge on any atom is 0.123 e. The van der Waals surface area contributed by atoms with E-state index in [1.165, 1.54) is 57.9 Å². The average Bonchev–Trinajstić information content (AvgIpc) is 2.58. The molecular formula is C20H31NO2. The Balaban J connectivity index is 1.45. The summed E-state index contributed by atoms with van der Waals surface area (Å²) in [5.74, 6) is 1.90. The molecule has 1 atom stereocenters. The number of rotatable bonds is 6. The second kappa shape index (κ2) is 8.58. The molecule has 0 radical (unpaired) electrons. The molecule has 128 valence electrons. The molecule has 0 aromatic heterocycles. The van der Waals surface area contributed by atoms with Crippen molar-refractivity contribution in [3.05, 3.63) is 24.3 Å². The second-order valence-electron chi connectivity index (χ2n) is 7.12. The molecule has 3 heteroatoms. The Morgan fingerprint density at radius 1 is 1.00 bits per heavy atom. The molecule has 0 N–H and O–H groups in total. The monoisotopic (exact) mass is 317 g/mol. The first-order chi connectivity index (χ1) is 11.3. The molecule has 1 aromatic rings. The zero-order valence-corrected chi connectivity index (χ0v) is 14.5. The van der Waals surface area contributed by atoms with Gasteiger partial charge in [-0.15, -0.1) is 0 Å². The van der Waals surface area contributed by atoms with Crippen LogP contribution in [0, 0.1) is 0 Å². The number of hydrogen-bond acceptors (Lipinski definition) is 3. The fourth-order valence-corrected chi connectivity index (χ4v) is 3.83. The van der Waals surface area contributed by atoms with Gasteiger partial charge in [0.1, 0.15) is 11.5 Å². The Morgan fingerprint density at radius 3 is 2.61 bits per heavy atom. The van der Waals surface area contributed by atoms with Gasteiger partial charge in [-0.2, -0.15) is 0 Å². The molecule has 3 rings (SSSR count). The lowest BCUT2D eigenvalue weighted by Gasteiger charge is -2.32. The summed E-state index contributed by atoms with van der Waals surface area (Å²) in [5.41, 5.74) is 0. The molecule has 1 saturated carbocycles. The summed E-state index contributed by atoms with van der Waals surface area (Å²) < 4.78 is 12.1. The lowest BCUT2D eigenvalue weighted by Crippen LogP contribution is -2.37. The second-order valence-corrected chi connectivity index (χ2v) is 7.12. The van der Waals surface area contributed by atoms with E-state index in [0.29, 0.717) is 12.1 Å². The van der Waals surface area contributed by atoms with E-state index in [4.69, 9.17) is 9.47 Å². The molecular weight excluding hydrogens is 286 g/mol. The summed E-state index contributed by atoms with van der Waals surface area (Å²) in [6.45, 7) is 2.03. The van der Waals surface area contributed by atoms with Gasteiger partial charge in [-0.3, -0.25) is 0 Å². The average molecular weight is 317 g/mol. The van der Waals surface area contributed by atoms with Crippen molar-refractivity contribution in [3.8, 4) is 11.5 Å². The molecule has 3 nitrogen and oxygen atoms in total. The van der Waals surface area contributed by atoms with E-state index in [1.54, 1.807) is 0 Å². The lowest BCUT2D eigenvalue weighted by atomic mass is 9.98. The molecule has 1 heterocycles. The summed E-state index contributed by atoms with van der Waals surface area (Å²) in [7, 11) is 2.24. The quantitative estimate of drug-likeness (QED) is 0.762. The van der Waals surface area contributed by atoms with E-state index in [2.05, 4.69) is 24.1 Å². The molecule has 1 aliphatic heterocycles. The molecule has 1 aliphatic carbocycles. The molecule has 1 unspecified atom stereocenters. The van der Waals surface area contributed by atoms with Crippen molar-refractivity contribution >= 4 is 0 Å². The van der Waals surface area contributed by atoms with Crippen LogP contribution in [0.5, 0.6) is 11.5 Å². The van der Waals surface area contributed by atoms with Gasteiger partial charge < -0.3 is 14.4 Å². The van der Waals surface area contributed by atoms with E-state index in [9.17, 15) is 0 Å². The third-order valence-corrected chi connectivity index (χ3v) is 5.30. The minimum atomic E-state index is 0.398. The van der Waals surface area contributed by atoms with Gasteiger partial charge in [0.2, 0.25) is 0 Å². The van der Waals surface area contributed by atoms with Crippen molar-refractivity contribution in [1.82, 2.24) is 4.90 Å². The number of likely N-dealkylation sites (tertiary alicyclic amines) is 1. The van der Waals surface area contributed by atoms with Crippen LogP contribution >= 0.6 is 0 Å². The first-order valence-electron chi connectivity index (χ1n) is 9.41. The molecule has 2 fully saturated rings. The predicted octanol–water partition coefficient (Wildman–Crippen LogP) is 4.65. The molecule has 1 saturated heterocycles. The first kappa shape index (κ1) is 16.6. The summed E-state index contributed by atoms with van der Waals surface area (Å²) >= 11 is 0. The minimum Gasteiger partial charge on any atom is -0.493 e. The van der Waals surface area contributed by atoms with Crippen LogP contribution in [0.25, 0.3) is 0 Å². The van der Waals surface area contributed by atoms with Gasteiger partial charge in [0.15, 0.2) is 0 Å². The van der Waals surface area contributed by atoms with Gasteiger partial charge in [0.05, 0.1) is 12.7 Å². The van der Waals surface area contributed by atoms with Gasteiger partial charge in [0, 0.05) is 12.1 Å². The van der Waals surface area contributed by atoms with Crippen molar-refractivity contribution in [2.75, 3.05) is 20.2 Å². The van der Waals surface area contributed by atoms with Crippen LogP contribution in [0.2, 0.25) is 0 Å². The Hall–Kier alpha value is -1.22. The maximum absolute atomic E-state index is 6.12. The van der Waals surface area contributed by atoms with E-state index in [-0.39, 0.29) is 0 Å². The van der Waals surface area contributed by atoms with Crippen molar-refractivity contribution in [1.29, 1.82) is 0 Å². The van der Waals surface area contributed by atoms with Gasteiger partial charge in [-0.1, -0.05) is 18.9 Å². The SMILES string of the molecule is CN1CCCCC1CCOc1cccc(OC2CCCCC2)c1. The summed E-state index contributed by atoms with van der Waals surface area (Å²) in [6, 6.07) is 8.87. The normalized spacial score (nSPS) is 23.6. The van der Waals surface area contributed by atoms with Crippen molar-refractivity contribution in [3.63, 3.8) is 0 Å². The predicted molar refractivity (Wildman–Crippen MR) is 94.3 cm³/mol. The highest BCUT2D eigenvalue weighted by Crippen LogP contribution is 2.26. The van der Waals surface area contributed by atoms with Crippen LogP contribution in [-0.2, 0) is 0 Å². The fourth-order valence-electron chi connectivity index (χ4n) is 3.83. The van der Waals surface area contributed by atoms with Crippen LogP contribution in [0.4, 0.5) is 0 Å². The van der Waals surface area contributed by atoms with E-state index >= 15 is 0 Å². The zero-order chi connectivity index (χ0) is 15.9. The standard InChI is InChI=1S/C20H31NO2/c1-21-14-6-5-8-17(21)13-15-22-19-11-7-12-20(16-19)23-18-9-3-2-4-10-18/h7,11-12,16-18H,2-6,8-10,13-15H2,1H3. The van der Waals surface area contributed by atoms with E-state index in [1.807, 2.05) is 12.1 Å². The largest absolute Gasteiger partial charge is 0.493 e. The number of hydrogen-bond donors (Lipinski definition) is 0. The smallest absolute Gasteiger partial charge is 0.123 e. The van der Waals surface area contributed by atoms with Gasteiger partial charge >= 0.3 is 0 Å². The third kappa shape index (κ3) is 5.13. The molecule has 0 amide bonds. The molecule has 1 aromatic carbocycles. The molecule has 0 spiro atoms. The first-order valence-corrected chi connectivity index (χ1v) is 9.41. The van der Waals surface area contributed by atoms with Crippen LogP contribution < -0.4 is 9.47 Å². The summed E-state index contributed by atoms with van der Waals surface area (Å²) in [5, 5.41) is 0. The zero-order valence-electron chi connectivity index (χ0n) is 14.5. The Bertz CT molecular complexity index is 470. The Morgan fingerprint density at radius 2 is 1.78 bits per heavy atom. The highest BCUT2D eigenvalue weighted by atomic mass is 16.5. The molecule has 23 heavy (non-hydrogen) atoms.